The van der Waals surface area contributed by atoms with Gasteiger partial charge in [0, 0.05) is 0 Å². The lowest BCUT2D eigenvalue weighted by molar-refractivity contribution is 0.432. The molecule has 2 aromatic carbocycles. The molecule has 0 aliphatic heterocycles. The molecule has 0 aromatic heterocycles. The summed E-state index contributed by atoms with van der Waals surface area (Å²) in [5.41, 5.74) is 14.3. The lowest BCUT2D eigenvalue weighted by Gasteiger charge is -2.19. The second-order valence-electron chi connectivity index (χ2n) is 5.15. The summed E-state index contributed by atoms with van der Waals surface area (Å²) in [7, 11) is 0. The lowest BCUT2D eigenvalue weighted by atomic mass is 9.89. The van der Waals surface area contributed by atoms with Crippen LogP contribution in [0.25, 0.3) is 0 Å². The number of nitrogens with two attached hydrogens (primary N) is 2. The molecular weight excluding hydrogens is 232 g/mol. The van der Waals surface area contributed by atoms with Crippen LogP contribution in [-0.4, -0.2) is 6.17 Å². The minimum absolute atomic E-state index is 0.238. The van der Waals surface area contributed by atoms with E-state index in [0.29, 0.717) is 5.92 Å². The SMILES string of the molecule is NC(N)CC(Cc1ccccc1)Cc1ccccc1. The van der Waals surface area contributed by atoms with Gasteiger partial charge in [0.15, 0.2) is 0 Å². The van der Waals surface area contributed by atoms with Crippen molar-refractivity contribution in [2.45, 2.75) is 25.4 Å². The molecule has 0 saturated carbocycles. The van der Waals surface area contributed by atoms with Crippen LogP contribution in [0.2, 0.25) is 0 Å². The Morgan fingerprint density at radius 1 is 0.684 bits per heavy atom. The molecule has 19 heavy (non-hydrogen) atoms. The smallest absolute Gasteiger partial charge is 0.0523 e. The molecular formula is C17H22N2. The molecule has 4 N–H and O–H groups in total. The Balaban J connectivity index is 2.03. The van der Waals surface area contributed by atoms with Gasteiger partial charge < -0.3 is 11.5 Å². The molecule has 2 aromatic rings. The highest BCUT2D eigenvalue weighted by Gasteiger charge is 2.13. The van der Waals surface area contributed by atoms with Gasteiger partial charge in [0.25, 0.3) is 0 Å². The third kappa shape index (κ3) is 4.86. The third-order valence-corrected chi connectivity index (χ3v) is 3.34. The van der Waals surface area contributed by atoms with Gasteiger partial charge >= 0.3 is 0 Å². The van der Waals surface area contributed by atoms with Crippen molar-refractivity contribution < 1.29 is 0 Å². The average molecular weight is 254 g/mol. The fourth-order valence-corrected chi connectivity index (χ4v) is 2.52. The molecule has 0 spiro atoms. The first-order chi connectivity index (χ1) is 9.24. The summed E-state index contributed by atoms with van der Waals surface area (Å²) in [6.07, 6.45) is 2.67. The Kier molecular flexibility index (Phi) is 5.13. The zero-order valence-corrected chi connectivity index (χ0v) is 11.2. The van der Waals surface area contributed by atoms with Crippen LogP contribution in [0.3, 0.4) is 0 Å². The Labute approximate surface area is 115 Å². The minimum Gasteiger partial charge on any atom is -0.316 e. The highest BCUT2D eigenvalue weighted by Crippen LogP contribution is 2.18. The van der Waals surface area contributed by atoms with Crippen molar-refractivity contribution in [2.24, 2.45) is 17.4 Å². The van der Waals surface area contributed by atoms with Crippen LogP contribution in [0.15, 0.2) is 60.7 Å². The van der Waals surface area contributed by atoms with E-state index in [1.165, 1.54) is 11.1 Å². The van der Waals surface area contributed by atoms with Crippen molar-refractivity contribution in [1.82, 2.24) is 0 Å². The van der Waals surface area contributed by atoms with E-state index in [1.807, 2.05) is 12.1 Å². The third-order valence-electron chi connectivity index (χ3n) is 3.34. The van der Waals surface area contributed by atoms with E-state index in [4.69, 9.17) is 11.5 Å². The first-order valence-electron chi connectivity index (χ1n) is 6.83. The van der Waals surface area contributed by atoms with E-state index in [9.17, 15) is 0 Å². The summed E-state index contributed by atoms with van der Waals surface area (Å²) in [6, 6.07) is 21.1. The minimum atomic E-state index is -0.238. The van der Waals surface area contributed by atoms with Crippen LogP contribution in [0.5, 0.6) is 0 Å². The molecule has 0 bridgehead atoms. The molecule has 0 aliphatic rings. The van der Waals surface area contributed by atoms with E-state index in [-0.39, 0.29) is 6.17 Å². The van der Waals surface area contributed by atoms with Crippen LogP contribution < -0.4 is 11.5 Å². The summed E-state index contributed by atoms with van der Waals surface area (Å²) in [4.78, 5) is 0. The molecule has 0 amide bonds. The monoisotopic (exact) mass is 254 g/mol. The van der Waals surface area contributed by atoms with Crippen molar-refractivity contribution in [3.05, 3.63) is 71.8 Å². The van der Waals surface area contributed by atoms with Crippen molar-refractivity contribution in [1.29, 1.82) is 0 Å². The quantitative estimate of drug-likeness (QED) is 0.779. The predicted octanol–water partition coefficient (Wildman–Crippen LogP) is 2.72. The van der Waals surface area contributed by atoms with Crippen LogP contribution in [0.1, 0.15) is 17.5 Å². The predicted molar refractivity (Wildman–Crippen MR) is 80.6 cm³/mol. The topological polar surface area (TPSA) is 52.0 Å². The molecule has 0 heterocycles. The van der Waals surface area contributed by atoms with E-state index in [0.717, 1.165) is 19.3 Å². The maximum absolute atomic E-state index is 5.78. The van der Waals surface area contributed by atoms with Gasteiger partial charge in [0.05, 0.1) is 6.17 Å². The Morgan fingerprint density at radius 3 is 1.47 bits per heavy atom. The van der Waals surface area contributed by atoms with Crippen LogP contribution in [0.4, 0.5) is 0 Å². The summed E-state index contributed by atoms with van der Waals surface area (Å²) in [5, 5.41) is 0. The van der Waals surface area contributed by atoms with Crippen molar-refractivity contribution in [2.75, 3.05) is 0 Å². The zero-order chi connectivity index (χ0) is 13.5. The zero-order valence-electron chi connectivity index (χ0n) is 11.2. The van der Waals surface area contributed by atoms with E-state index in [2.05, 4.69) is 48.5 Å². The maximum atomic E-state index is 5.78. The first kappa shape index (κ1) is 13.8. The highest BCUT2D eigenvalue weighted by molar-refractivity contribution is 5.18. The molecule has 2 rings (SSSR count). The highest BCUT2D eigenvalue weighted by atomic mass is 14.8. The molecule has 0 unspecified atom stereocenters. The molecule has 100 valence electrons. The largest absolute Gasteiger partial charge is 0.316 e. The van der Waals surface area contributed by atoms with Gasteiger partial charge in [0.2, 0.25) is 0 Å². The summed E-state index contributed by atoms with van der Waals surface area (Å²) < 4.78 is 0. The van der Waals surface area contributed by atoms with Gasteiger partial charge in [-0.1, -0.05) is 60.7 Å². The first-order valence-corrected chi connectivity index (χ1v) is 6.83. The normalized spacial score (nSPS) is 11.2. The number of benzene rings is 2. The second kappa shape index (κ2) is 7.07. The van der Waals surface area contributed by atoms with Crippen LogP contribution in [-0.2, 0) is 12.8 Å². The van der Waals surface area contributed by atoms with Gasteiger partial charge in [-0.15, -0.1) is 0 Å². The fourth-order valence-electron chi connectivity index (χ4n) is 2.52. The number of hydrogen-bond donors (Lipinski definition) is 2. The van der Waals surface area contributed by atoms with E-state index in [1.54, 1.807) is 0 Å². The molecule has 0 atom stereocenters. The van der Waals surface area contributed by atoms with Crippen LogP contribution in [0, 0.1) is 5.92 Å². The van der Waals surface area contributed by atoms with Gasteiger partial charge in [-0.2, -0.15) is 0 Å². The summed E-state index contributed by atoms with van der Waals surface area (Å²) in [5.74, 6) is 0.491. The maximum Gasteiger partial charge on any atom is 0.0523 e. The molecule has 0 fully saturated rings. The van der Waals surface area contributed by atoms with Crippen molar-refractivity contribution in [3.8, 4) is 0 Å². The summed E-state index contributed by atoms with van der Waals surface area (Å²) >= 11 is 0. The molecule has 0 aliphatic carbocycles. The fraction of sp³-hybridized carbons (Fsp3) is 0.294. The Hall–Kier alpha value is -1.64. The Morgan fingerprint density at radius 2 is 1.11 bits per heavy atom. The van der Waals surface area contributed by atoms with Gasteiger partial charge in [-0.05, 0) is 36.3 Å². The Bertz CT molecular complexity index is 424. The number of hydrogen-bond acceptors (Lipinski definition) is 2. The molecule has 2 heteroatoms. The average Bonchev–Trinajstić information content (AvgIpc) is 2.40. The van der Waals surface area contributed by atoms with Crippen LogP contribution >= 0.6 is 0 Å². The van der Waals surface area contributed by atoms with Crippen molar-refractivity contribution in [3.63, 3.8) is 0 Å². The van der Waals surface area contributed by atoms with Gasteiger partial charge in [-0.25, -0.2) is 0 Å². The van der Waals surface area contributed by atoms with Crippen molar-refractivity contribution >= 4 is 0 Å². The molecule has 0 saturated heterocycles. The summed E-state index contributed by atoms with van der Waals surface area (Å²) in [6.45, 7) is 0. The van der Waals surface area contributed by atoms with E-state index >= 15 is 0 Å². The lowest BCUT2D eigenvalue weighted by Crippen LogP contribution is -2.33. The number of rotatable bonds is 6. The second-order valence-corrected chi connectivity index (χ2v) is 5.15. The van der Waals surface area contributed by atoms with Gasteiger partial charge in [0.1, 0.15) is 0 Å². The molecule has 0 radical (unpaired) electrons. The van der Waals surface area contributed by atoms with Gasteiger partial charge in [-0.3, -0.25) is 0 Å². The molecule has 2 nitrogen and oxygen atoms in total. The van der Waals surface area contributed by atoms with E-state index < -0.39 is 0 Å². The standard InChI is InChI=1S/C17H22N2/c18-17(19)13-16(11-14-7-3-1-4-8-14)12-15-9-5-2-6-10-15/h1-10,16-17H,11-13,18-19H2.